The summed E-state index contributed by atoms with van der Waals surface area (Å²) in [5.74, 6) is -1.15. The smallest absolute Gasteiger partial charge is 0.273 e. The second-order valence-electron chi connectivity index (χ2n) is 11.2. The molecule has 1 atom stereocenters. The molecular formula is C29H37N5O3S2. The molecule has 2 heterocycles. The minimum Gasteiger partial charge on any atom is -0.395 e. The third-order valence-electron chi connectivity index (χ3n) is 6.73. The van der Waals surface area contributed by atoms with Crippen molar-refractivity contribution in [2.45, 2.75) is 84.3 Å². The Labute approximate surface area is 238 Å². The van der Waals surface area contributed by atoms with Crippen LogP contribution in [0, 0.1) is 13.8 Å². The fourth-order valence-corrected chi connectivity index (χ4v) is 6.47. The van der Waals surface area contributed by atoms with Crippen LogP contribution in [0.3, 0.4) is 0 Å². The second-order valence-corrected chi connectivity index (χ2v) is 13.0. The summed E-state index contributed by atoms with van der Waals surface area (Å²) < 4.78 is 4.30. The van der Waals surface area contributed by atoms with E-state index in [0.29, 0.717) is 10.6 Å². The van der Waals surface area contributed by atoms with Crippen LogP contribution in [0.4, 0.5) is 11.4 Å². The molecule has 1 aliphatic carbocycles. The summed E-state index contributed by atoms with van der Waals surface area (Å²) in [6, 6.07) is 8.58. The Kier molecular flexibility index (Phi) is 8.76. The molecule has 1 aliphatic rings. The number of nitrogens with two attached hydrogens (primary N) is 1. The maximum absolute atomic E-state index is 14.3. The van der Waals surface area contributed by atoms with E-state index in [4.69, 9.17) is 5.73 Å². The van der Waals surface area contributed by atoms with Gasteiger partial charge in [-0.25, -0.2) is 0 Å². The van der Waals surface area contributed by atoms with Crippen LogP contribution in [0.2, 0.25) is 0 Å². The minimum atomic E-state index is -0.945. The number of aromatic nitrogens is 1. The lowest BCUT2D eigenvalue weighted by molar-refractivity contribution is -0.123. The molecule has 1 fully saturated rings. The van der Waals surface area contributed by atoms with Crippen LogP contribution in [0.5, 0.6) is 0 Å². The predicted octanol–water partition coefficient (Wildman–Crippen LogP) is 5.77. The van der Waals surface area contributed by atoms with Gasteiger partial charge in [0.25, 0.3) is 11.8 Å². The molecule has 0 radical (unpaired) electrons. The Morgan fingerprint density at radius 1 is 1.10 bits per heavy atom. The van der Waals surface area contributed by atoms with Crippen molar-refractivity contribution >= 4 is 52.0 Å². The van der Waals surface area contributed by atoms with Crippen LogP contribution in [-0.2, 0) is 4.79 Å². The summed E-state index contributed by atoms with van der Waals surface area (Å²) in [6.07, 6.45) is 5.17. The maximum Gasteiger partial charge on any atom is 0.273 e. The number of nitrogens with zero attached hydrogens (tertiary/aromatic N) is 2. The standard InChI is InChI=1S/C29H37N5O3S2/c1-17-13-14-20(18(2)16-17)34(24(21-12-9-15-38-21)27(36)32-29(3,4)5)28(37)25-22(30)23(33-39-25)26(35)31-19-10-7-6-8-11-19/h9,12-16,19,24H,6-8,10-11,30H2,1-5H3,(H,31,35)(H,32,36)/t24-/m1/s1. The first-order chi connectivity index (χ1) is 18.5. The summed E-state index contributed by atoms with van der Waals surface area (Å²) in [5.41, 5.74) is 8.47. The van der Waals surface area contributed by atoms with Crippen LogP contribution in [-0.4, -0.2) is 33.7 Å². The van der Waals surface area contributed by atoms with E-state index >= 15 is 0 Å². The average molecular weight is 568 g/mol. The number of benzene rings is 1. The zero-order chi connectivity index (χ0) is 28.3. The van der Waals surface area contributed by atoms with Crippen LogP contribution in [0.15, 0.2) is 35.7 Å². The molecule has 1 aromatic carbocycles. The molecule has 208 valence electrons. The van der Waals surface area contributed by atoms with Gasteiger partial charge in [0, 0.05) is 22.1 Å². The van der Waals surface area contributed by atoms with E-state index in [0.717, 1.165) is 48.3 Å². The van der Waals surface area contributed by atoms with E-state index in [2.05, 4.69) is 15.0 Å². The Balaban J connectivity index is 1.76. The van der Waals surface area contributed by atoms with Crippen LogP contribution < -0.4 is 21.3 Å². The minimum absolute atomic E-state index is 0.0363. The monoisotopic (exact) mass is 567 g/mol. The molecular weight excluding hydrogens is 530 g/mol. The quantitative estimate of drug-likeness (QED) is 0.335. The van der Waals surface area contributed by atoms with Crippen molar-refractivity contribution in [3.63, 3.8) is 0 Å². The summed E-state index contributed by atoms with van der Waals surface area (Å²) in [5, 5.41) is 7.96. The number of nitrogens with one attached hydrogen (secondary N) is 2. The molecule has 0 aliphatic heterocycles. The highest BCUT2D eigenvalue weighted by Gasteiger charge is 2.38. The van der Waals surface area contributed by atoms with Crippen molar-refractivity contribution in [2.24, 2.45) is 0 Å². The topological polar surface area (TPSA) is 117 Å². The van der Waals surface area contributed by atoms with E-state index in [1.54, 1.807) is 0 Å². The molecule has 0 spiro atoms. The molecule has 1 saturated carbocycles. The first kappa shape index (κ1) is 28.8. The number of hydrogen-bond acceptors (Lipinski definition) is 7. The normalized spacial score (nSPS) is 15.0. The number of aryl methyl sites for hydroxylation is 2. The van der Waals surface area contributed by atoms with Gasteiger partial charge in [0.1, 0.15) is 4.88 Å². The highest BCUT2D eigenvalue weighted by molar-refractivity contribution is 7.10. The Morgan fingerprint density at radius 3 is 2.44 bits per heavy atom. The van der Waals surface area contributed by atoms with Crippen molar-refractivity contribution in [2.75, 3.05) is 10.6 Å². The van der Waals surface area contributed by atoms with Crippen molar-refractivity contribution in [1.82, 2.24) is 15.0 Å². The Morgan fingerprint density at radius 2 is 1.82 bits per heavy atom. The number of hydrogen-bond donors (Lipinski definition) is 3. The van der Waals surface area contributed by atoms with Crippen LogP contribution in [0.25, 0.3) is 0 Å². The highest BCUT2D eigenvalue weighted by atomic mass is 32.1. The van der Waals surface area contributed by atoms with Crippen molar-refractivity contribution in [3.8, 4) is 0 Å². The third kappa shape index (κ3) is 6.67. The fourth-order valence-electron chi connectivity index (χ4n) is 4.93. The van der Waals surface area contributed by atoms with E-state index in [1.165, 1.54) is 22.7 Å². The molecule has 4 N–H and O–H groups in total. The van der Waals surface area contributed by atoms with Gasteiger partial charge < -0.3 is 16.4 Å². The molecule has 10 heteroatoms. The van der Waals surface area contributed by atoms with Crippen LogP contribution in [0.1, 0.15) is 95.1 Å². The molecule has 3 amide bonds. The SMILES string of the molecule is Cc1ccc(N(C(=O)c2snc(C(=O)NC3CCCCC3)c2N)[C@@H](C(=O)NC(C)(C)C)c2cccs2)c(C)c1. The number of anilines is 2. The average Bonchev–Trinajstić information content (AvgIpc) is 3.52. The molecule has 0 unspecified atom stereocenters. The van der Waals surface area contributed by atoms with Crippen molar-refractivity contribution in [1.29, 1.82) is 0 Å². The second kappa shape index (κ2) is 11.9. The zero-order valence-electron chi connectivity index (χ0n) is 23.2. The van der Waals surface area contributed by atoms with Gasteiger partial charge in [-0.3, -0.25) is 19.3 Å². The lowest BCUT2D eigenvalue weighted by atomic mass is 9.95. The van der Waals surface area contributed by atoms with E-state index in [-0.39, 0.29) is 34.1 Å². The fraction of sp³-hybridized carbons (Fsp3) is 0.448. The van der Waals surface area contributed by atoms with Gasteiger partial charge in [0.15, 0.2) is 11.7 Å². The number of nitrogen functional groups attached to an aromatic ring is 1. The number of thiophene rings is 1. The van der Waals surface area contributed by atoms with Crippen molar-refractivity contribution in [3.05, 3.63) is 62.3 Å². The lowest BCUT2D eigenvalue weighted by Gasteiger charge is -2.33. The lowest BCUT2D eigenvalue weighted by Crippen LogP contribution is -2.49. The van der Waals surface area contributed by atoms with Gasteiger partial charge in [-0.15, -0.1) is 11.3 Å². The van der Waals surface area contributed by atoms with E-state index in [9.17, 15) is 14.4 Å². The molecule has 0 saturated heterocycles. The highest BCUT2D eigenvalue weighted by Crippen LogP contribution is 2.37. The molecule has 2 aromatic heterocycles. The first-order valence-corrected chi connectivity index (χ1v) is 14.9. The summed E-state index contributed by atoms with van der Waals surface area (Å²) in [4.78, 5) is 43.5. The third-order valence-corrected chi connectivity index (χ3v) is 8.50. The van der Waals surface area contributed by atoms with Gasteiger partial charge in [-0.05, 0) is 82.1 Å². The largest absolute Gasteiger partial charge is 0.395 e. The molecule has 39 heavy (non-hydrogen) atoms. The van der Waals surface area contributed by atoms with Gasteiger partial charge in [-0.1, -0.05) is 43.0 Å². The number of carbonyl (C=O) groups is 3. The van der Waals surface area contributed by atoms with Gasteiger partial charge in [-0.2, -0.15) is 4.37 Å². The van der Waals surface area contributed by atoms with E-state index in [1.807, 2.05) is 70.3 Å². The maximum atomic E-state index is 14.3. The van der Waals surface area contributed by atoms with E-state index < -0.39 is 17.5 Å². The molecule has 4 rings (SSSR count). The van der Waals surface area contributed by atoms with Gasteiger partial charge >= 0.3 is 0 Å². The Bertz CT molecular complexity index is 1340. The number of amides is 3. The molecule has 8 nitrogen and oxygen atoms in total. The first-order valence-electron chi connectivity index (χ1n) is 13.3. The van der Waals surface area contributed by atoms with Crippen molar-refractivity contribution < 1.29 is 14.4 Å². The van der Waals surface area contributed by atoms with Gasteiger partial charge in [0.05, 0.1) is 5.69 Å². The Hall–Kier alpha value is -3.24. The molecule has 0 bridgehead atoms. The predicted molar refractivity (Wildman–Crippen MR) is 159 cm³/mol. The number of rotatable bonds is 7. The summed E-state index contributed by atoms with van der Waals surface area (Å²) in [6.45, 7) is 9.59. The molecule has 3 aromatic rings. The van der Waals surface area contributed by atoms with Crippen LogP contribution >= 0.6 is 22.9 Å². The zero-order valence-corrected chi connectivity index (χ0v) is 24.8. The summed E-state index contributed by atoms with van der Waals surface area (Å²) >= 11 is 2.29. The summed E-state index contributed by atoms with van der Waals surface area (Å²) in [7, 11) is 0. The van der Waals surface area contributed by atoms with Gasteiger partial charge in [0.2, 0.25) is 5.91 Å². The number of carbonyl (C=O) groups excluding carboxylic acids is 3.